The second-order valence-corrected chi connectivity index (χ2v) is 9.96. The zero-order chi connectivity index (χ0) is 21.9. The molecular weight excluding hydrogens is 402 g/mol. The summed E-state index contributed by atoms with van der Waals surface area (Å²) < 4.78 is 2.28. The number of carbonyl (C=O) groups excluding carboxylic acids is 1. The van der Waals surface area contributed by atoms with Gasteiger partial charge in [0.2, 0.25) is 5.91 Å². The Morgan fingerprint density at radius 3 is 2.81 bits per heavy atom. The minimum absolute atomic E-state index is 0.00980. The molecule has 3 aliphatic rings. The Morgan fingerprint density at radius 2 is 1.94 bits per heavy atom. The molecule has 0 aromatic carbocycles. The predicted molar refractivity (Wildman–Crippen MR) is 126 cm³/mol. The Morgan fingerprint density at radius 1 is 1.06 bits per heavy atom. The number of aryl methyl sites for hydroxylation is 2. The largest absolute Gasteiger partial charge is 0.355 e. The number of piperidine rings is 2. The number of imidazole rings is 1. The average molecular weight is 440 g/mol. The van der Waals surface area contributed by atoms with E-state index in [-0.39, 0.29) is 11.8 Å². The van der Waals surface area contributed by atoms with E-state index in [1.807, 2.05) is 0 Å². The van der Waals surface area contributed by atoms with Gasteiger partial charge in [0.05, 0.1) is 5.92 Å². The summed E-state index contributed by atoms with van der Waals surface area (Å²) in [7, 11) is 0. The van der Waals surface area contributed by atoms with Crippen molar-refractivity contribution in [1.29, 1.82) is 0 Å². The molecule has 1 amide bonds. The molecule has 0 radical (unpaired) electrons. The fraction of sp³-hybridized carbons (Fsp3) is 0.750. The number of rotatable bonds is 5. The lowest BCUT2D eigenvalue weighted by atomic mass is 9.97. The maximum absolute atomic E-state index is 12.9. The predicted octanol–water partition coefficient (Wildman–Crippen LogP) is 2.62. The summed E-state index contributed by atoms with van der Waals surface area (Å²) in [6.45, 7) is 8.98. The zero-order valence-electron chi connectivity index (χ0n) is 19.4. The summed E-state index contributed by atoms with van der Waals surface area (Å²) in [5.41, 5.74) is 1.86. The van der Waals surface area contributed by atoms with Gasteiger partial charge < -0.3 is 19.7 Å². The normalized spacial score (nSPS) is 23.2. The second-order valence-electron chi connectivity index (χ2n) is 9.96. The van der Waals surface area contributed by atoms with E-state index in [9.17, 15) is 4.79 Å². The van der Waals surface area contributed by atoms with Gasteiger partial charge in [-0.2, -0.15) is 0 Å². The van der Waals surface area contributed by atoms with Gasteiger partial charge in [-0.05, 0) is 57.5 Å². The van der Waals surface area contributed by atoms with Gasteiger partial charge in [-0.15, -0.1) is 0 Å². The molecule has 0 saturated carbocycles. The quantitative estimate of drug-likeness (QED) is 0.772. The van der Waals surface area contributed by atoms with Gasteiger partial charge >= 0.3 is 0 Å². The minimum atomic E-state index is 0.00980. The lowest BCUT2D eigenvalue weighted by molar-refractivity contribution is -0.125. The van der Waals surface area contributed by atoms with E-state index in [1.165, 1.54) is 32.1 Å². The first-order valence-electron chi connectivity index (χ1n) is 12.6. The van der Waals surface area contributed by atoms with Crippen molar-refractivity contribution in [2.24, 2.45) is 11.8 Å². The molecule has 5 rings (SSSR count). The smallest absolute Gasteiger partial charge is 0.224 e. The van der Waals surface area contributed by atoms with Crippen LogP contribution in [0.5, 0.6) is 0 Å². The number of amides is 1. The van der Waals surface area contributed by atoms with E-state index in [0.717, 1.165) is 87.3 Å². The first-order valence-corrected chi connectivity index (χ1v) is 12.6. The highest BCUT2D eigenvalue weighted by Crippen LogP contribution is 2.29. The number of nitrogens with zero attached hydrogens (tertiary/aromatic N) is 6. The molecule has 3 aliphatic heterocycles. The van der Waals surface area contributed by atoms with Crippen LogP contribution in [-0.2, 0) is 17.8 Å². The third kappa shape index (κ3) is 4.60. The molecule has 174 valence electrons. The number of aromatic nitrogens is 4. The molecule has 0 bridgehead atoms. The topological polar surface area (TPSA) is 79.2 Å². The maximum atomic E-state index is 12.9. The molecular formula is C24H37N7O. The Labute approximate surface area is 190 Å². The third-order valence-corrected chi connectivity index (χ3v) is 7.57. The Bertz CT molecular complexity index is 934. The number of hydrogen-bond donors (Lipinski definition) is 1. The first kappa shape index (κ1) is 21.6. The molecule has 2 saturated heterocycles. The molecule has 0 aliphatic carbocycles. The second kappa shape index (κ2) is 9.73. The van der Waals surface area contributed by atoms with Crippen LogP contribution in [0.15, 0.2) is 6.33 Å². The highest BCUT2D eigenvalue weighted by molar-refractivity contribution is 5.85. The van der Waals surface area contributed by atoms with Gasteiger partial charge in [0.15, 0.2) is 17.0 Å². The van der Waals surface area contributed by atoms with Crippen LogP contribution in [0.1, 0.15) is 57.7 Å². The van der Waals surface area contributed by atoms with Crippen molar-refractivity contribution in [2.75, 3.05) is 44.2 Å². The summed E-state index contributed by atoms with van der Waals surface area (Å²) in [5, 5.41) is 3.21. The van der Waals surface area contributed by atoms with E-state index < -0.39 is 0 Å². The number of fused-ring (bicyclic) bond motifs is 3. The van der Waals surface area contributed by atoms with E-state index in [2.05, 4.69) is 36.6 Å². The van der Waals surface area contributed by atoms with Crippen LogP contribution in [-0.4, -0.2) is 69.6 Å². The lowest BCUT2D eigenvalue weighted by Crippen LogP contribution is -2.45. The van der Waals surface area contributed by atoms with Gasteiger partial charge in [-0.1, -0.05) is 13.3 Å². The number of likely N-dealkylation sites (tertiary alicyclic amines) is 1. The molecule has 1 atom stereocenters. The van der Waals surface area contributed by atoms with Crippen molar-refractivity contribution in [3.05, 3.63) is 12.2 Å². The first-order chi connectivity index (χ1) is 15.7. The van der Waals surface area contributed by atoms with E-state index in [0.29, 0.717) is 6.54 Å². The van der Waals surface area contributed by atoms with Gasteiger partial charge in [-0.3, -0.25) is 4.79 Å². The van der Waals surface area contributed by atoms with Gasteiger partial charge in [0.25, 0.3) is 0 Å². The molecule has 32 heavy (non-hydrogen) atoms. The van der Waals surface area contributed by atoms with Gasteiger partial charge in [0, 0.05) is 39.1 Å². The van der Waals surface area contributed by atoms with Crippen LogP contribution in [0.3, 0.4) is 0 Å². The van der Waals surface area contributed by atoms with Crippen LogP contribution >= 0.6 is 0 Å². The van der Waals surface area contributed by atoms with Gasteiger partial charge in [0.1, 0.15) is 12.2 Å². The summed E-state index contributed by atoms with van der Waals surface area (Å²) in [5.74, 6) is 3.07. The number of nitrogens with one attached hydrogen (secondary N) is 1. The molecule has 5 heterocycles. The zero-order valence-corrected chi connectivity index (χ0v) is 19.4. The number of hydrogen-bond acceptors (Lipinski definition) is 6. The van der Waals surface area contributed by atoms with Crippen molar-refractivity contribution in [3.8, 4) is 0 Å². The van der Waals surface area contributed by atoms with Crippen molar-refractivity contribution in [2.45, 2.75) is 64.8 Å². The highest BCUT2D eigenvalue weighted by Gasteiger charge is 2.29. The summed E-state index contributed by atoms with van der Waals surface area (Å²) >= 11 is 0. The van der Waals surface area contributed by atoms with E-state index in [4.69, 9.17) is 4.98 Å². The fourth-order valence-corrected chi connectivity index (χ4v) is 5.51. The van der Waals surface area contributed by atoms with Crippen LogP contribution in [0.4, 0.5) is 5.82 Å². The molecule has 8 nitrogen and oxygen atoms in total. The SMILES string of the molecule is CC1CCN(CCNC(=O)[C@H]2CCCN(c3ncnc4c3nc3n4CCCCC3)C2)CC1. The van der Waals surface area contributed by atoms with E-state index in [1.54, 1.807) is 6.33 Å². The van der Waals surface area contributed by atoms with E-state index >= 15 is 0 Å². The fourth-order valence-electron chi connectivity index (χ4n) is 5.51. The molecule has 0 spiro atoms. The molecule has 2 aromatic rings. The molecule has 0 unspecified atom stereocenters. The van der Waals surface area contributed by atoms with Gasteiger partial charge in [-0.25, -0.2) is 15.0 Å². The van der Waals surface area contributed by atoms with Crippen LogP contribution in [0.25, 0.3) is 11.2 Å². The molecule has 8 heteroatoms. The van der Waals surface area contributed by atoms with Crippen LogP contribution in [0.2, 0.25) is 0 Å². The Hall–Kier alpha value is -2.22. The van der Waals surface area contributed by atoms with Crippen molar-refractivity contribution < 1.29 is 4.79 Å². The van der Waals surface area contributed by atoms with Crippen molar-refractivity contribution in [3.63, 3.8) is 0 Å². The Kier molecular flexibility index (Phi) is 6.57. The molecule has 1 N–H and O–H groups in total. The standard InChI is InChI=1S/C24H37N7O/c1-18-8-13-29(14-9-18)15-10-25-24(32)19-6-5-11-30(16-19)22-21-23(27-17-26-22)31-12-4-2-3-7-20(31)28-21/h17-19H,2-16H2,1H3,(H,25,32)/t19-/m0/s1. The molecule has 2 fully saturated rings. The number of anilines is 1. The molecule has 2 aromatic heterocycles. The lowest BCUT2D eigenvalue weighted by Gasteiger charge is -2.33. The summed E-state index contributed by atoms with van der Waals surface area (Å²) in [4.78, 5) is 31.8. The monoisotopic (exact) mass is 439 g/mol. The minimum Gasteiger partial charge on any atom is -0.355 e. The summed E-state index contributed by atoms with van der Waals surface area (Å²) in [6.07, 6.45) is 10.8. The maximum Gasteiger partial charge on any atom is 0.224 e. The Balaban J connectivity index is 1.22. The van der Waals surface area contributed by atoms with Crippen LogP contribution in [0, 0.1) is 11.8 Å². The average Bonchev–Trinajstić information content (AvgIpc) is 3.01. The van der Waals surface area contributed by atoms with Crippen molar-refractivity contribution in [1.82, 2.24) is 29.7 Å². The van der Waals surface area contributed by atoms with Crippen molar-refractivity contribution >= 4 is 22.9 Å². The highest BCUT2D eigenvalue weighted by atomic mass is 16.1. The number of carbonyl (C=O) groups is 1. The summed E-state index contributed by atoms with van der Waals surface area (Å²) in [6, 6.07) is 0. The van der Waals surface area contributed by atoms with Crippen LogP contribution < -0.4 is 10.2 Å². The third-order valence-electron chi connectivity index (χ3n) is 7.57.